The number of hydrogen-bond donors (Lipinski definition) is 1. The topological polar surface area (TPSA) is 87.9 Å². The van der Waals surface area contributed by atoms with Crippen molar-refractivity contribution in [1.29, 1.82) is 5.26 Å². The van der Waals surface area contributed by atoms with E-state index in [2.05, 4.69) is 39.0 Å². The van der Waals surface area contributed by atoms with Crippen molar-refractivity contribution in [2.24, 2.45) is 5.73 Å². The van der Waals surface area contributed by atoms with Crippen LogP contribution in [0.4, 0.5) is 0 Å². The van der Waals surface area contributed by atoms with Crippen molar-refractivity contribution in [2.75, 3.05) is 13.1 Å². The lowest BCUT2D eigenvalue weighted by Crippen LogP contribution is -2.45. The number of aromatic nitrogens is 2. The summed E-state index contributed by atoms with van der Waals surface area (Å²) in [5.41, 5.74) is 10.9. The predicted octanol–water partition coefficient (Wildman–Crippen LogP) is 4.27. The van der Waals surface area contributed by atoms with Crippen LogP contribution < -0.4 is 5.73 Å². The van der Waals surface area contributed by atoms with Gasteiger partial charge in [-0.1, -0.05) is 45.0 Å². The molecule has 0 unspecified atom stereocenters. The van der Waals surface area contributed by atoms with Gasteiger partial charge in [0.25, 0.3) is 5.91 Å². The van der Waals surface area contributed by atoms with Crippen LogP contribution in [0.3, 0.4) is 0 Å². The quantitative estimate of drug-likeness (QED) is 0.676. The number of hydrogen-bond acceptors (Lipinski definition) is 4. The molecule has 4 rings (SSSR count). The monoisotopic (exact) mass is 427 g/mol. The fraction of sp³-hybridized carbons (Fsp3) is 0.346. The minimum atomic E-state index is -0.0971. The van der Waals surface area contributed by atoms with Crippen LogP contribution in [-0.4, -0.2) is 39.7 Å². The molecule has 164 valence electrons. The molecule has 2 N–H and O–H groups in total. The molecule has 1 fully saturated rings. The Morgan fingerprint density at radius 1 is 1.12 bits per heavy atom. The molecule has 0 saturated carbocycles. The van der Waals surface area contributed by atoms with Crippen molar-refractivity contribution in [3.8, 4) is 23.0 Å². The SMILES string of the molecule is CC(C)(C)c1ccc(-n2nc(C(=O)N3CCC[C@@H](N)C3)cc2-c2ccc(C#N)cc2)cc1. The van der Waals surface area contributed by atoms with E-state index >= 15 is 0 Å². The first-order valence-corrected chi connectivity index (χ1v) is 11.0. The van der Waals surface area contributed by atoms with E-state index in [0.29, 0.717) is 24.3 Å². The molecule has 3 aromatic rings. The van der Waals surface area contributed by atoms with Gasteiger partial charge >= 0.3 is 0 Å². The molecule has 1 amide bonds. The molecule has 0 bridgehead atoms. The Bertz CT molecular complexity index is 1150. The first-order chi connectivity index (χ1) is 15.3. The molecular weight excluding hydrogens is 398 g/mol. The number of nitrogens with zero attached hydrogens (tertiary/aromatic N) is 4. The lowest BCUT2D eigenvalue weighted by Gasteiger charge is -2.30. The van der Waals surface area contributed by atoms with Gasteiger partial charge in [-0.3, -0.25) is 4.79 Å². The average Bonchev–Trinajstić information content (AvgIpc) is 3.23. The van der Waals surface area contributed by atoms with E-state index in [0.717, 1.165) is 29.8 Å². The van der Waals surface area contributed by atoms with Gasteiger partial charge in [-0.2, -0.15) is 10.4 Å². The molecular formula is C26H29N5O. The Hall–Kier alpha value is -3.43. The van der Waals surface area contributed by atoms with E-state index < -0.39 is 0 Å². The molecule has 1 atom stereocenters. The average molecular weight is 428 g/mol. The lowest BCUT2D eigenvalue weighted by atomic mass is 9.87. The summed E-state index contributed by atoms with van der Waals surface area (Å²) in [6, 6.07) is 19.6. The minimum absolute atomic E-state index is 0.0118. The van der Waals surface area contributed by atoms with Crippen molar-refractivity contribution < 1.29 is 4.79 Å². The lowest BCUT2D eigenvalue weighted by molar-refractivity contribution is 0.0702. The molecule has 1 saturated heterocycles. The summed E-state index contributed by atoms with van der Waals surface area (Å²) < 4.78 is 1.81. The van der Waals surface area contributed by atoms with Crippen LogP contribution in [0.25, 0.3) is 16.9 Å². The van der Waals surface area contributed by atoms with Crippen molar-refractivity contribution in [3.63, 3.8) is 0 Å². The first-order valence-electron chi connectivity index (χ1n) is 11.0. The zero-order valence-electron chi connectivity index (χ0n) is 18.9. The highest BCUT2D eigenvalue weighted by molar-refractivity contribution is 5.93. The van der Waals surface area contributed by atoms with Gasteiger partial charge in [-0.25, -0.2) is 4.68 Å². The number of nitriles is 1. The second-order valence-corrected chi connectivity index (χ2v) is 9.47. The first kappa shape index (κ1) is 21.8. The second-order valence-electron chi connectivity index (χ2n) is 9.47. The van der Waals surface area contributed by atoms with Crippen molar-refractivity contribution >= 4 is 5.91 Å². The van der Waals surface area contributed by atoms with Gasteiger partial charge in [-0.05, 0) is 54.2 Å². The van der Waals surface area contributed by atoms with Crippen molar-refractivity contribution in [1.82, 2.24) is 14.7 Å². The third-order valence-corrected chi connectivity index (χ3v) is 5.96. The smallest absolute Gasteiger partial charge is 0.274 e. The maximum atomic E-state index is 13.2. The summed E-state index contributed by atoms with van der Waals surface area (Å²) in [5.74, 6) is -0.0971. The molecule has 0 radical (unpaired) electrons. The van der Waals surface area contributed by atoms with Crippen LogP contribution in [0, 0.1) is 11.3 Å². The predicted molar refractivity (Wildman–Crippen MR) is 126 cm³/mol. The third-order valence-electron chi connectivity index (χ3n) is 5.96. The van der Waals surface area contributed by atoms with Crippen LogP contribution in [0.15, 0.2) is 54.6 Å². The van der Waals surface area contributed by atoms with Gasteiger partial charge in [0, 0.05) is 24.7 Å². The maximum Gasteiger partial charge on any atom is 0.274 e. The molecule has 6 heteroatoms. The highest BCUT2D eigenvalue weighted by atomic mass is 16.2. The Balaban J connectivity index is 1.76. The van der Waals surface area contributed by atoms with E-state index in [1.54, 1.807) is 17.0 Å². The van der Waals surface area contributed by atoms with E-state index in [9.17, 15) is 4.79 Å². The van der Waals surface area contributed by atoms with Crippen LogP contribution in [0.2, 0.25) is 0 Å². The Kier molecular flexibility index (Phi) is 5.86. The Morgan fingerprint density at radius 3 is 2.41 bits per heavy atom. The van der Waals surface area contributed by atoms with Crippen molar-refractivity contribution in [2.45, 2.75) is 45.1 Å². The zero-order valence-corrected chi connectivity index (χ0v) is 18.9. The van der Waals surface area contributed by atoms with E-state index in [1.807, 2.05) is 35.0 Å². The number of rotatable bonds is 3. The minimum Gasteiger partial charge on any atom is -0.336 e. The molecule has 2 heterocycles. The Morgan fingerprint density at radius 2 is 1.81 bits per heavy atom. The summed E-state index contributed by atoms with van der Waals surface area (Å²) in [4.78, 5) is 15.0. The van der Waals surface area contributed by atoms with Gasteiger partial charge in [-0.15, -0.1) is 0 Å². The van der Waals surface area contributed by atoms with E-state index in [4.69, 9.17) is 16.1 Å². The molecule has 1 aliphatic rings. The van der Waals surface area contributed by atoms with Gasteiger partial charge in [0.2, 0.25) is 0 Å². The van der Waals surface area contributed by atoms with Crippen LogP contribution >= 0.6 is 0 Å². The summed E-state index contributed by atoms with van der Waals surface area (Å²) in [5, 5.41) is 13.8. The van der Waals surface area contributed by atoms with Gasteiger partial charge in [0.05, 0.1) is 23.0 Å². The summed E-state index contributed by atoms with van der Waals surface area (Å²) in [6.07, 6.45) is 1.85. The summed E-state index contributed by atoms with van der Waals surface area (Å²) in [7, 11) is 0. The largest absolute Gasteiger partial charge is 0.336 e. The number of carbonyl (C=O) groups excluding carboxylic acids is 1. The van der Waals surface area contributed by atoms with Gasteiger partial charge in [0.1, 0.15) is 0 Å². The van der Waals surface area contributed by atoms with Crippen LogP contribution in [0.1, 0.15) is 55.2 Å². The number of carbonyl (C=O) groups is 1. The highest BCUT2D eigenvalue weighted by Crippen LogP contribution is 2.28. The van der Waals surface area contributed by atoms with Crippen molar-refractivity contribution in [3.05, 3.63) is 71.4 Å². The molecule has 32 heavy (non-hydrogen) atoms. The van der Waals surface area contributed by atoms with Crippen LogP contribution in [0.5, 0.6) is 0 Å². The highest BCUT2D eigenvalue weighted by Gasteiger charge is 2.26. The normalized spacial score (nSPS) is 16.6. The molecule has 0 aliphatic carbocycles. The number of nitrogens with two attached hydrogens (primary N) is 1. The molecule has 1 aliphatic heterocycles. The number of benzene rings is 2. The standard InChI is InChI=1S/C26H29N5O/c1-26(2,3)20-10-12-22(13-11-20)31-24(19-8-6-18(16-27)7-9-19)15-23(29-31)25(32)30-14-4-5-21(28)17-30/h6-13,15,21H,4-5,14,17,28H2,1-3H3/t21-/m1/s1. The van der Waals surface area contributed by atoms with Crippen LogP contribution in [-0.2, 0) is 5.41 Å². The fourth-order valence-corrected chi connectivity index (χ4v) is 4.06. The Labute approximate surface area is 189 Å². The number of piperidine rings is 1. The van der Waals surface area contributed by atoms with Gasteiger partial charge < -0.3 is 10.6 Å². The van der Waals surface area contributed by atoms with E-state index in [1.165, 1.54) is 5.56 Å². The molecule has 6 nitrogen and oxygen atoms in total. The van der Waals surface area contributed by atoms with Gasteiger partial charge in [0.15, 0.2) is 5.69 Å². The van der Waals surface area contributed by atoms with E-state index in [-0.39, 0.29) is 17.4 Å². The number of amides is 1. The summed E-state index contributed by atoms with van der Waals surface area (Å²) in [6.45, 7) is 7.79. The fourth-order valence-electron chi connectivity index (χ4n) is 4.06. The molecule has 2 aromatic carbocycles. The molecule has 0 spiro atoms. The maximum absolute atomic E-state index is 13.2. The zero-order chi connectivity index (χ0) is 22.9. The number of likely N-dealkylation sites (tertiary alicyclic amines) is 1. The summed E-state index contributed by atoms with van der Waals surface area (Å²) >= 11 is 0. The molecule has 1 aromatic heterocycles. The second kappa shape index (κ2) is 8.60. The third kappa shape index (κ3) is 4.44.